The Hall–Kier alpha value is -1.22. The Balaban J connectivity index is 1.78. The Morgan fingerprint density at radius 3 is 2.95 bits per heavy atom. The van der Waals surface area contributed by atoms with Crippen molar-refractivity contribution in [1.29, 1.82) is 0 Å². The summed E-state index contributed by atoms with van der Waals surface area (Å²) in [4.78, 5) is 4.95. The lowest BCUT2D eigenvalue weighted by Crippen LogP contribution is -2.25. The maximum atomic E-state index is 12.1. The quantitative estimate of drug-likeness (QED) is 0.716. The monoisotopic (exact) mass is 314 g/mol. The summed E-state index contributed by atoms with van der Waals surface area (Å²) in [5.41, 5.74) is 5.53. The zero-order valence-corrected chi connectivity index (χ0v) is 12.7. The van der Waals surface area contributed by atoms with E-state index in [2.05, 4.69) is 9.71 Å². The number of rotatable bonds is 8. The molecule has 0 aliphatic rings. The third-order valence-corrected chi connectivity index (χ3v) is 5.49. The summed E-state index contributed by atoms with van der Waals surface area (Å²) in [6.45, 7) is 1.51. The minimum atomic E-state index is -3.43. The Morgan fingerprint density at radius 2 is 2.25 bits per heavy atom. The predicted molar refractivity (Wildman–Crippen MR) is 78.9 cm³/mol. The second-order valence-corrected chi connectivity index (χ2v) is 7.05. The van der Waals surface area contributed by atoms with Gasteiger partial charge in [-0.1, -0.05) is 0 Å². The Bertz CT molecular complexity index is 620. The highest BCUT2D eigenvalue weighted by atomic mass is 32.2. The van der Waals surface area contributed by atoms with Gasteiger partial charge in [-0.15, -0.1) is 11.3 Å². The molecule has 0 amide bonds. The van der Waals surface area contributed by atoms with Crippen molar-refractivity contribution in [1.82, 2.24) is 14.3 Å². The average Bonchev–Trinajstić information content (AvgIpc) is 3.09. The number of unbranched alkanes of at least 4 members (excludes halogenated alkanes) is 1. The lowest BCUT2D eigenvalue weighted by molar-refractivity contribution is 0.565. The molecule has 0 unspecified atom stereocenters. The zero-order valence-electron chi connectivity index (χ0n) is 11.0. The van der Waals surface area contributed by atoms with Crippen LogP contribution in [0.25, 0.3) is 0 Å². The van der Waals surface area contributed by atoms with Crippen LogP contribution in [0.15, 0.2) is 35.1 Å². The summed E-state index contributed by atoms with van der Waals surface area (Å²) >= 11 is 1.36. The summed E-state index contributed by atoms with van der Waals surface area (Å²) in [7, 11) is -3.43. The first-order valence-electron chi connectivity index (χ1n) is 6.35. The van der Waals surface area contributed by atoms with E-state index >= 15 is 0 Å². The second-order valence-electron chi connectivity index (χ2n) is 4.32. The number of imidazole rings is 1. The molecule has 20 heavy (non-hydrogen) atoms. The molecule has 0 fully saturated rings. The largest absolute Gasteiger partial charge is 0.337 e. The van der Waals surface area contributed by atoms with Crippen LogP contribution in [0.5, 0.6) is 0 Å². The van der Waals surface area contributed by atoms with Crippen molar-refractivity contribution in [2.24, 2.45) is 5.73 Å². The number of hydrogen-bond acceptors (Lipinski definition) is 5. The minimum Gasteiger partial charge on any atom is -0.337 e. The van der Waals surface area contributed by atoms with Crippen LogP contribution in [-0.4, -0.2) is 24.5 Å². The van der Waals surface area contributed by atoms with Crippen LogP contribution in [0.3, 0.4) is 0 Å². The van der Waals surface area contributed by atoms with Crippen LogP contribution in [0, 0.1) is 0 Å². The van der Waals surface area contributed by atoms with Crippen molar-refractivity contribution in [3.63, 3.8) is 0 Å². The number of nitrogens with one attached hydrogen (secondary N) is 1. The fourth-order valence-electron chi connectivity index (χ4n) is 1.84. The van der Waals surface area contributed by atoms with Crippen LogP contribution in [0.4, 0.5) is 0 Å². The van der Waals surface area contributed by atoms with E-state index in [1.165, 1.54) is 11.3 Å². The molecule has 8 heteroatoms. The van der Waals surface area contributed by atoms with E-state index < -0.39 is 10.0 Å². The first-order chi connectivity index (χ1) is 9.63. The SMILES string of the molecule is NCc1sccc1S(=O)(=O)NCCCCn1ccnc1. The topological polar surface area (TPSA) is 90.0 Å². The van der Waals surface area contributed by atoms with Gasteiger partial charge in [-0.25, -0.2) is 18.1 Å². The molecule has 0 bridgehead atoms. The van der Waals surface area contributed by atoms with E-state index in [1.54, 1.807) is 24.0 Å². The number of aryl methyl sites for hydroxylation is 1. The Morgan fingerprint density at radius 1 is 1.40 bits per heavy atom. The van der Waals surface area contributed by atoms with Gasteiger partial charge in [-0.05, 0) is 24.3 Å². The van der Waals surface area contributed by atoms with E-state index in [4.69, 9.17) is 5.73 Å². The van der Waals surface area contributed by atoms with Crippen LogP contribution in [0.1, 0.15) is 17.7 Å². The summed E-state index contributed by atoms with van der Waals surface area (Å²) in [6, 6.07) is 1.60. The number of sulfonamides is 1. The number of nitrogens with zero attached hydrogens (tertiary/aromatic N) is 2. The van der Waals surface area contributed by atoms with Gasteiger partial charge in [0.25, 0.3) is 0 Å². The lowest BCUT2D eigenvalue weighted by atomic mass is 10.3. The molecule has 0 atom stereocenters. The lowest BCUT2D eigenvalue weighted by Gasteiger charge is -2.07. The minimum absolute atomic E-state index is 0.245. The van der Waals surface area contributed by atoms with E-state index in [-0.39, 0.29) is 6.54 Å². The standard InChI is InChI=1S/C12H18N4O2S2/c13-9-11-12(3-8-19-11)20(17,18)15-4-1-2-6-16-7-5-14-10-16/h3,5,7-8,10,15H,1-2,4,6,9,13H2. The molecular weight excluding hydrogens is 296 g/mol. The molecule has 110 valence electrons. The first kappa shape index (κ1) is 15.2. The maximum absolute atomic E-state index is 12.1. The van der Waals surface area contributed by atoms with Crippen molar-refractivity contribution in [3.05, 3.63) is 35.0 Å². The fourth-order valence-corrected chi connectivity index (χ4v) is 4.25. The first-order valence-corrected chi connectivity index (χ1v) is 8.71. The molecule has 2 rings (SSSR count). The molecule has 0 saturated carbocycles. The van der Waals surface area contributed by atoms with Crippen LogP contribution in [0.2, 0.25) is 0 Å². The summed E-state index contributed by atoms with van der Waals surface area (Å²) in [5, 5.41) is 1.75. The van der Waals surface area contributed by atoms with Gasteiger partial charge in [-0.2, -0.15) is 0 Å². The molecule has 0 saturated heterocycles. The van der Waals surface area contributed by atoms with Gasteiger partial charge in [0.15, 0.2) is 0 Å². The van der Waals surface area contributed by atoms with Crippen molar-refractivity contribution in [3.8, 4) is 0 Å². The third-order valence-electron chi connectivity index (χ3n) is 2.87. The molecule has 0 aliphatic heterocycles. The van der Waals surface area contributed by atoms with Gasteiger partial charge in [0.05, 0.1) is 11.2 Å². The van der Waals surface area contributed by atoms with Crippen LogP contribution >= 0.6 is 11.3 Å². The van der Waals surface area contributed by atoms with E-state index in [9.17, 15) is 8.42 Å². The van der Waals surface area contributed by atoms with Crippen LogP contribution < -0.4 is 10.5 Å². The summed E-state index contributed by atoms with van der Waals surface area (Å²) < 4.78 is 28.8. The van der Waals surface area contributed by atoms with E-state index in [1.807, 2.05) is 10.8 Å². The average molecular weight is 314 g/mol. The van der Waals surface area contributed by atoms with Gasteiger partial charge < -0.3 is 10.3 Å². The summed E-state index contributed by atoms with van der Waals surface area (Å²) in [6.07, 6.45) is 7.05. The molecule has 2 aromatic rings. The smallest absolute Gasteiger partial charge is 0.241 e. The zero-order chi connectivity index (χ0) is 14.4. The van der Waals surface area contributed by atoms with E-state index in [0.29, 0.717) is 16.3 Å². The van der Waals surface area contributed by atoms with Crippen molar-refractivity contribution < 1.29 is 8.42 Å². The molecule has 3 N–H and O–H groups in total. The predicted octanol–water partition coefficient (Wildman–Crippen LogP) is 1.16. The molecule has 0 aromatic carbocycles. The highest BCUT2D eigenvalue weighted by Gasteiger charge is 2.18. The second kappa shape index (κ2) is 6.98. The molecule has 2 heterocycles. The van der Waals surface area contributed by atoms with Gasteiger partial charge in [0, 0.05) is 36.9 Å². The van der Waals surface area contributed by atoms with Crippen molar-refractivity contribution >= 4 is 21.4 Å². The third kappa shape index (κ3) is 3.89. The molecular formula is C12H18N4O2S2. The molecule has 6 nitrogen and oxygen atoms in total. The Labute approximate surface area is 122 Å². The number of hydrogen-bond donors (Lipinski definition) is 2. The summed E-state index contributed by atoms with van der Waals surface area (Å²) in [5.74, 6) is 0. The van der Waals surface area contributed by atoms with Gasteiger partial charge in [0.1, 0.15) is 0 Å². The number of aromatic nitrogens is 2. The van der Waals surface area contributed by atoms with Gasteiger partial charge in [-0.3, -0.25) is 0 Å². The fraction of sp³-hybridized carbons (Fsp3) is 0.417. The maximum Gasteiger partial charge on any atom is 0.241 e. The van der Waals surface area contributed by atoms with Crippen LogP contribution in [-0.2, 0) is 23.1 Å². The van der Waals surface area contributed by atoms with Gasteiger partial charge in [0.2, 0.25) is 10.0 Å². The van der Waals surface area contributed by atoms with Crippen molar-refractivity contribution in [2.75, 3.05) is 6.54 Å². The van der Waals surface area contributed by atoms with E-state index in [0.717, 1.165) is 19.4 Å². The van der Waals surface area contributed by atoms with Crippen molar-refractivity contribution in [2.45, 2.75) is 30.8 Å². The highest BCUT2D eigenvalue weighted by Crippen LogP contribution is 2.20. The Kier molecular flexibility index (Phi) is 5.30. The normalized spacial score (nSPS) is 11.8. The molecule has 0 radical (unpaired) electrons. The number of thiophene rings is 1. The highest BCUT2D eigenvalue weighted by molar-refractivity contribution is 7.89. The molecule has 0 aliphatic carbocycles. The molecule has 2 aromatic heterocycles. The van der Waals surface area contributed by atoms with Gasteiger partial charge >= 0.3 is 0 Å². The molecule has 0 spiro atoms. The number of nitrogens with two attached hydrogens (primary N) is 1.